The molecule has 0 aliphatic rings. The molecule has 1 heterocycles. The van der Waals surface area contributed by atoms with Crippen LogP contribution in [0.15, 0.2) is 40.8 Å². The maximum atomic E-state index is 13.1. The normalized spacial score (nSPS) is 11.0. The van der Waals surface area contributed by atoms with Crippen molar-refractivity contribution in [3.05, 3.63) is 47.2 Å². The Kier molecular flexibility index (Phi) is 2.45. The van der Waals surface area contributed by atoms with E-state index in [0.717, 1.165) is 0 Å². The minimum Gasteiger partial charge on any atom is -0.434 e. The highest BCUT2D eigenvalue weighted by Crippen LogP contribution is 2.30. The van der Waals surface area contributed by atoms with Crippen LogP contribution < -0.4 is 5.73 Å². The van der Waals surface area contributed by atoms with E-state index in [-0.39, 0.29) is 5.82 Å². The quantitative estimate of drug-likeness (QED) is 0.677. The number of anilines is 1. The molecule has 3 aromatic rings. The van der Waals surface area contributed by atoms with E-state index in [9.17, 15) is 4.39 Å². The van der Waals surface area contributed by atoms with Crippen molar-refractivity contribution in [1.29, 1.82) is 0 Å². The number of oxazole rings is 1. The van der Waals surface area contributed by atoms with Gasteiger partial charge in [-0.2, -0.15) is 0 Å². The Morgan fingerprint density at radius 1 is 1.22 bits per heavy atom. The largest absolute Gasteiger partial charge is 0.434 e. The summed E-state index contributed by atoms with van der Waals surface area (Å²) in [7, 11) is 0. The monoisotopic (exact) mass is 262 g/mol. The van der Waals surface area contributed by atoms with Crippen LogP contribution in [0.25, 0.3) is 22.6 Å². The standard InChI is InChI=1S/C13H8ClFN2O/c14-8-5-10(16)12-11(6-8)17-13(18-12)7-2-1-3-9(15)4-7/h1-6H,16H2. The molecule has 0 aliphatic carbocycles. The summed E-state index contributed by atoms with van der Waals surface area (Å²) < 4.78 is 18.7. The summed E-state index contributed by atoms with van der Waals surface area (Å²) in [6, 6.07) is 9.26. The second-order valence-electron chi connectivity index (χ2n) is 3.87. The van der Waals surface area contributed by atoms with Crippen LogP contribution in [0.2, 0.25) is 5.02 Å². The Labute approximate surface area is 107 Å². The van der Waals surface area contributed by atoms with Gasteiger partial charge in [-0.15, -0.1) is 0 Å². The van der Waals surface area contributed by atoms with Crippen LogP contribution in [0.1, 0.15) is 0 Å². The lowest BCUT2D eigenvalue weighted by Crippen LogP contribution is -1.84. The smallest absolute Gasteiger partial charge is 0.227 e. The Hall–Kier alpha value is -2.07. The first kappa shape index (κ1) is 11.0. The van der Waals surface area contributed by atoms with Gasteiger partial charge in [0.15, 0.2) is 5.58 Å². The molecular formula is C13H8ClFN2O. The molecule has 2 N–H and O–H groups in total. The number of benzene rings is 2. The van der Waals surface area contributed by atoms with Crippen LogP contribution in [0.5, 0.6) is 0 Å². The van der Waals surface area contributed by atoms with Crippen molar-refractivity contribution in [2.75, 3.05) is 5.73 Å². The van der Waals surface area contributed by atoms with Gasteiger partial charge in [-0.05, 0) is 30.3 Å². The first-order chi connectivity index (χ1) is 8.63. The van der Waals surface area contributed by atoms with Gasteiger partial charge in [-0.3, -0.25) is 0 Å². The first-order valence-corrected chi connectivity index (χ1v) is 5.63. The third kappa shape index (κ3) is 1.80. The van der Waals surface area contributed by atoms with Gasteiger partial charge in [0.1, 0.15) is 11.3 Å². The SMILES string of the molecule is Nc1cc(Cl)cc2nc(-c3cccc(F)c3)oc12. The lowest BCUT2D eigenvalue weighted by atomic mass is 10.2. The average Bonchev–Trinajstić information content (AvgIpc) is 2.73. The van der Waals surface area contributed by atoms with E-state index < -0.39 is 0 Å². The fourth-order valence-electron chi connectivity index (χ4n) is 1.77. The zero-order valence-electron chi connectivity index (χ0n) is 9.15. The van der Waals surface area contributed by atoms with E-state index in [1.54, 1.807) is 24.3 Å². The van der Waals surface area contributed by atoms with Gasteiger partial charge in [-0.25, -0.2) is 9.37 Å². The van der Waals surface area contributed by atoms with E-state index in [1.165, 1.54) is 12.1 Å². The molecule has 0 radical (unpaired) electrons. The van der Waals surface area contributed by atoms with Crippen LogP contribution in [0, 0.1) is 5.82 Å². The maximum absolute atomic E-state index is 13.1. The van der Waals surface area contributed by atoms with E-state index in [1.807, 2.05) is 0 Å². The van der Waals surface area contributed by atoms with Crippen LogP contribution in [0.3, 0.4) is 0 Å². The molecule has 1 aromatic heterocycles. The number of nitrogens with zero attached hydrogens (tertiary/aromatic N) is 1. The van der Waals surface area contributed by atoms with E-state index in [0.29, 0.717) is 33.3 Å². The summed E-state index contributed by atoms with van der Waals surface area (Å²) in [5.41, 5.74) is 7.77. The highest BCUT2D eigenvalue weighted by atomic mass is 35.5. The van der Waals surface area contributed by atoms with Crippen LogP contribution in [-0.2, 0) is 0 Å². The molecule has 0 unspecified atom stereocenters. The summed E-state index contributed by atoms with van der Waals surface area (Å²) >= 11 is 5.88. The van der Waals surface area contributed by atoms with Crippen molar-refractivity contribution >= 4 is 28.4 Å². The first-order valence-electron chi connectivity index (χ1n) is 5.25. The molecule has 0 atom stereocenters. The Balaban J connectivity index is 2.22. The van der Waals surface area contributed by atoms with Gasteiger partial charge in [0.25, 0.3) is 0 Å². The van der Waals surface area contributed by atoms with Crippen LogP contribution in [-0.4, -0.2) is 4.98 Å². The van der Waals surface area contributed by atoms with Gasteiger partial charge >= 0.3 is 0 Å². The van der Waals surface area contributed by atoms with Crippen molar-refractivity contribution in [3.63, 3.8) is 0 Å². The number of nitrogens with two attached hydrogens (primary N) is 1. The zero-order chi connectivity index (χ0) is 12.7. The van der Waals surface area contributed by atoms with E-state index in [2.05, 4.69) is 4.98 Å². The molecule has 3 nitrogen and oxygen atoms in total. The highest BCUT2D eigenvalue weighted by Gasteiger charge is 2.11. The Bertz CT molecular complexity index is 739. The fourth-order valence-corrected chi connectivity index (χ4v) is 1.99. The van der Waals surface area contributed by atoms with E-state index >= 15 is 0 Å². The number of aromatic nitrogens is 1. The van der Waals surface area contributed by atoms with Crippen molar-refractivity contribution < 1.29 is 8.81 Å². The number of rotatable bonds is 1. The Morgan fingerprint density at radius 3 is 2.83 bits per heavy atom. The molecule has 0 spiro atoms. The molecule has 0 aliphatic heterocycles. The van der Waals surface area contributed by atoms with Crippen LogP contribution >= 0.6 is 11.6 Å². The van der Waals surface area contributed by atoms with Gasteiger partial charge < -0.3 is 10.2 Å². The van der Waals surface area contributed by atoms with Crippen LogP contribution in [0.4, 0.5) is 10.1 Å². The third-order valence-electron chi connectivity index (χ3n) is 2.56. The molecule has 5 heteroatoms. The molecule has 18 heavy (non-hydrogen) atoms. The molecule has 0 amide bonds. The number of hydrogen-bond donors (Lipinski definition) is 1. The molecule has 0 bridgehead atoms. The maximum Gasteiger partial charge on any atom is 0.227 e. The lowest BCUT2D eigenvalue weighted by Gasteiger charge is -1.95. The van der Waals surface area contributed by atoms with Crippen molar-refractivity contribution in [1.82, 2.24) is 4.98 Å². The molecule has 90 valence electrons. The highest BCUT2D eigenvalue weighted by molar-refractivity contribution is 6.31. The third-order valence-corrected chi connectivity index (χ3v) is 2.77. The molecule has 0 saturated heterocycles. The van der Waals surface area contributed by atoms with Gasteiger partial charge in [-0.1, -0.05) is 17.7 Å². The second-order valence-corrected chi connectivity index (χ2v) is 4.31. The zero-order valence-corrected chi connectivity index (χ0v) is 9.91. The topological polar surface area (TPSA) is 52.0 Å². The van der Waals surface area contributed by atoms with Gasteiger partial charge in [0.05, 0.1) is 5.69 Å². The summed E-state index contributed by atoms with van der Waals surface area (Å²) in [6.45, 7) is 0. The summed E-state index contributed by atoms with van der Waals surface area (Å²) in [4.78, 5) is 4.25. The van der Waals surface area contributed by atoms with Crippen molar-refractivity contribution in [2.24, 2.45) is 0 Å². The van der Waals surface area contributed by atoms with Gasteiger partial charge in [0, 0.05) is 10.6 Å². The lowest BCUT2D eigenvalue weighted by molar-refractivity contribution is 0.612. The molecule has 2 aromatic carbocycles. The predicted octanol–water partition coefficient (Wildman–Crippen LogP) is 3.87. The minimum absolute atomic E-state index is 0.318. The summed E-state index contributed by atoms with van der Waals surface area (Å²) in [5, 5.41) is 0.485. The fraction of sp³-hybridized carbons (Fsp3) is 0. The summed E-state index contributed by atoms with van der Waals surface area (Å²) in [6.07, 6.45) is 0. The number of fused-ring (bicyclic) bond motifs is 1. The molecule has 0 fully saturated rings. The van der Waals surface area contributed by atoms with E-state index in [4.69, 9.17) is 21.8 Å². The van der Waals surface area contributed by atoms with Crippen molar-refractivity contribution in [2.45, 2.75) is 0 Å². The molecular weight excluding hydrogens is 255 g/mol. The van der Waals surface area contributed by atoms with Crippen molar-refractivity contribution in [3.8, 4) is 11.5 Å². The van der Waals surface area contributed by atoms with Gasteiger partial charge in [0.2, 0.25) is 5.89 Å². The number of halogens is 2. The number of hydrogen-bond acceptors (Lipinski definition) is 3. The Morgan fingerprint density at radius 2 is 2.06 bits per heavy atom. The molecule has 0 saturated carbocycles. The predicted molar refractivity (Wildman–Crippen MR) is 68.8 cm³/mol. The number of nitrogen functional groups attached to an aromatic ring is 1. The minimum atomic E-state index is -0.347. The summed E-state index contributed by atoms with van der Waals surface area (Å²) in [5.74, 6) is -0.0285. The second kappa shape index (κ2) is 3.99. The molecule has 3 rings (SSSR count). The average molecular weight is 263 g/mol.